The van der Waals surface area contributed by atoms with Crippen molar-refractivity contribution < 1.29 is 0 Å². The molecule has 0 fully saturated rings. The highest BCUT2D eigenvalue weighted by Crippen LogP contribution is 2.01. The fourth-order valence-electron chi connectivity index (χ4n) is 1.51. The van der Waals surface area contributed by atoms with E-state index in [1.54, 1.807) is 0 Å². The number of rotatable bonds is 8. The van der Waals surface area contributed by atoms with E-state index < -0.39 is 0 Å². The average molecular weight is 231 g/mol. The van der Waals surface area contributed by atoms with Crippen molar-refractivity contribution in [3.8, 4) is 0 Å². The first kappa shape index (κ1) is 14.8. The highest BCUT2D eigenvalue weighted by Gasteiger charge is 2.10. The van der Waals surface area contributed by atoms with Gasteiger partial charge in [-0.15, -0.1) is 0 Å². The summed E-state index contributed by atoms with van der Waals surface area (Å²) in [5, 5.41) is 0. The highest BCUT2D eigenvalue weighted by molar-refractivity contribution is 7.80. The summed E-state index contributed by atoms with van der Waals surface area (Å²) in [7, 11) is 2.13. The molecule has 0 amide bonds. The van der Waals surface area contributed by atoms with Crippen LogP contribution in [0.2, 0.25) is 0 Å². The summed E-state index contributed by atoms with van der Waals surface area (Å²) in [6.07, 6.45) is 0.810. The molecule has 0 rings (SSSR count). The van der Waals surface area contributed by atoms with Crippen LogP contribution in [0.4, 0.5) is 0 Å². The molecule has 0 aliphatic carbocycles. The summed E-state index contributed by atoms with van der Waals surface area (Å²) in [5.41, 5.74) is 5.53. The molecule has 0 spiro atoms. The predicted molar refractivity (Wildman–Crippen MR) is 71.3 cm³/mol. The van der Waals surface area contributed by atoms with Crippen molar-refractivity contribution in [3.05, 3.63) is 0 Å². The standard InChI is InChI=1S/C11H25N3S/c1-5-14(6-2)8-7-13(4)10(3)9-11(12)15/h10H,5-9H2,1-4H3,(H2,12,15). The molecular weight excluding hydrogens is 206 g/mol. The van der Waals surface area contributed by atoms with Crippen molar-refractivity contribution in [1.29, 1.82) is 0 Å². The molecule has 0 aromatic heterocycles. The van der Waals surface area contributed by atoms with Crippen LogP contribution in [0.5, 0.6) is 0 Å². The van der Waals surface area contributed by atoms with Gasteiger partial charge in [-0.05, 0) is 27.1 Å². The lowest BCUT2D eigenvalue weighted by molar-refractivity contribution is 0.208. The van der Waals surface area contributed by atoms with Crippen LogP contribution in [0.1, 0.15) is 27.2 Å². The van der Waals surface area contributed by atoms with Gasteiger partial charge in [0, 0.05) is 25.6 Å². The van der Waals surface area contributed by atoms with E-state index >= 15 is 0 Å². The Hall–Kier alpha value is -0.190. The molecule has 1 atom stereocenters. The van der Waals surface area contributed by atoms with E-state index in [0.717, 1.165) is 32.6 Å². The van der Waals surface area contributed by atoms with Gasteiger partial charge in [-0.1, -0.05) is 26.1 Å². The maximum atomic E-state index is 5.53. The van der Waals surface area contributed by atoms with E-state index in [1.165, 1.54) is 0 Å². The van der Waals surface area contributed by atoms with Crippen LogP contribution >= 0.6 is 12.2 Å². The minimum absolute atomic E-state index is 0.443. The Labute approximate surface area is 99.6 Å². The Kier molecular flexibility index (Phi) is 7.92. The molecular formula is C11H25N3S. The second kappa shape index (κ2) is 8.02. The first-order valence-electron chi connectivity index (χ1n) is 5.72. The van der Waals surface area contributed by atoms with Gasteiger partial charge in [-0.3, -0.25) is 0 Å². The molecule has 0 saturated carbocycles. The predicted octanol–water partition coefficient (Wildman–Crippen LogP) is 1.32. The lowest BCUT2D eigenvalue weighted by Crippen LogP contribution is -2.38. The van der Waals surface area contributed by atoms with Gasteiger partial charge < -0.3 is 15.5 Å². The van der Waals surface area contributed by atoms with Crippen LogP contribution in [0, 0.1) is 0 Å². The number of hydrogen-bond donors (Lipinski definition) is 1. The zero-order valence-electron chi connectivity index (χ0n) is 10.5. The molecule has 3 nitrogen and oxygen atoms in total. The molecule has 0 bridgehead atoms. The van der Waals surface area contributed by atoms with Crippen molar-refractivity contribution in [1.82, 2.24) is 9.80 Å². The quantitative estimate of drug-likeness (QED) is 0.639. The Balaban J connectivity index is 3.80. The number of hydrogen-bond acceptors (Lipinski definition) is 3. The molecule has 0 saturated heterocycles. The van der Waals surface area contributed by atoms with Gasteiger partial charge in [-0.25, -0.2) is 0 Å². The van der Waals surface area contributed by atoms with E-state index in [1.807, 2.05) is 0 Å². The van der Waals surface area contributed by atoms with E-state index in [2.05, 4.69) is 37.6 Å². The third kappa shape index (κ3) is 6.82. The summed E-state index contributed by atoms with van der Waals surface area (Å²) in [4.78, 5) is 5.35. The molecule has 0 heterocycles. The summed E-state index contributed by atoms with van der Waals surface area (Å²) in [6, 6.07) is 0.443. The van der Waals surface area contributed by atoms with Crippen molar-refractivity contribution in [3.63, 3.8) is 0 Å². The Bertz CT molecular complexity index is 181. The molecule has 0 aromatic rings. The second-order valence-electron chi connectivity index (χ2n) is 4.03. The van der Waals surface area contributed by atoms with Gasteiger partial charge >= 0.3 is 0 Å². The third-order valence-corrected chi connectivity index (χ3v) is 3.08. The van der Waals surface area contributed by atoms with Crippen LogP contribution in [-0.2, 0) is 0 Å². The van der Waals surface area contributed by atoms with E-state index in [9.17, 15) is 0 Å². The molecule has 15 heavy (non-hydrogen) atoms. The minimum Gasteiger partial charge on any atom is -0.393 e. The Morgan fingerprint density at radius 3 is 2.20 bits per heavy atom. The monoisotopic (exact) mass is 231 g/mol. The topological polar surface area (TPSA) is 32.5 Å². The lowest BCUT2D eigenvalue weighted by Gasteiger charge is -2.27. The molecule has 0 aliphatic heterocycles. The van der Waals surface area contributed by atoms with Gasteiger partial charge in [0.25, 0.3) is 0 Å². The van der Waals surface area contributed by atoms with Crippen molar-refractivity contribution in [2.45, 2.75) is 33.2 Å². The zero-order chi connectivity index (χ0) is 11.8. The number of nitrogens with two attached hydrogens (primary N) is 1. The van der Waals surface area contributed by atoms with Crippen LogP contribution in [-0.4, -0.2) is 54.1 Å². The number of nitrogens with zero attached hydrogens (tertiary/aromatic N) is 2. The van der Waals surface area contributed by atoms with Gasteiger partial charge in [0.2, 0.25) is 0 Å². The SMILES string of the molecule is CCN(CC)CCN(C)C(C)CC(N)=S. The van der Waals surface area contributed by atoms with Crippen molar-refractivity contribution in [2.24, 2.45) is 5.73 Å². The van der Waals surface area contributed by atoms with Crippen LogP contribution in [0.25, 0.3) is 0 Å². The molecule has 2 N–H and O–H groups in total. The first-order chi connectivity index (χ1) is 7.01. The highest BCUT2D eigenvalue weighted by atomic mass is 32.1. The van der Waals surface area contributed by atoms with Crippen LogP contribution in [0.15, 0.2) is 0 Å². The van der Waals surface area contributed by atoms with Gasteiger partial charge in [0.05, 0.1) is 4.99 Å². The second-order valence-corrected chi connectivity index (χ2v) is 4.55. The van der Waals surface area contributed by atoms with E-state index in [0.29, 0.717) is 11.0 Å². The average Bonchev–Trinajstić information content (AvgIpc) is 2.18. The van der Waals surface area contributed by atoms with Crippen LogP contribution in [0.3, 0.4) is 0 Å². The smallest absolute Gasteiger partial charge is 0.0742 e. The van der Waals surface area contributed by atoms with E-state index in [-0.39, 0.29) is 0 Å². The normalized spacial score (nSPS) is 13.5. The summed E-state index contributed by atoms with van der Waals surface area (Å²) in [5.74, 6) is 0. The maximum absolute atomic E-state index is 5.53. The lowest BCUT2D eigenvalue weighted by atomic mass is 10.2. The first-order valence-corrected chi connectivity index (χ1v) is 6.12. The van der Waals surface area contributed by atoms with Crippen molar-refractivity contribution in [2.75, 3.05) is 33.2 Å². The molecule has 90 valence electrons. The fourth-order valence-corrected chi connectivity index (χ4v) is 1.75. The minimum atomic E-state index is 0.443. The number of thiocarbonyl (C=S) groups is 1. The van der Waals surface area contributed by atoms with Crippen LogP contribution < -0.4 is 5.73 Å². The number of likely N-dealkylation sites (N-methyl/N-ethyl adjacent to an activating group) is 2. The maximum Gasteiger partial charge on any atom is 0.0742 e. The molecule has 0 aliphatic rings. The zero-order valence-corrected chi connectivity index (χ0v) is 11.3. The fraction of sp³-hybridized carbons (Fsp3) is 0.909. The Morgan fingerprint density at radius 1 is 1.27 bits per heavy atom. The van der Waals surface area contributed by atoms with Gasteiger partial charge in [0.15, 0.2) is 0 Å². The molecule has 0 radical (unpaired) electrons. The summed E-state index contributed by atoms with van der Waals surface area (Å²) >= 11 is 4.91. The Morgan fingerprint density at radius 2 is 1.80 bits per heavy atom. The molecule has 1 unspecified atom stereocenters. The van der Waals surface area contributed by atoms with Crippen molar-refractivity contribution >= 4 is 17.2 Å². The summed E-state index contributed by atoms with van der Waals surface area (Å²) in [6.45, 7) is 11.0. The van der Waals surface area contributed by atoms with Gasteiger partial charge in [0.1, 0.15) is 0 Å². The third-order valence-electron chi connectivity index (χ3n) is 2.91. The summed E-state index contributed by atoms with van der Waals surface area (Å²) < 4.78 is 0. The largest absolute Gasteiger partial charge is 0.393 e. The van der Waals surface area contributed by atoms with E-state index in [4.69, 9.17) is 18.0 Å². The molecule has 4 heteroatoms. The molecule has 0 aromatic carbocycles. The van der Waals surface area contributed by atoms with Gasteiger partial charge in [-0.2, -0.15) is 0 Å².